The second-order valence-electron chi connectivity index (χ2n) is 4.25. The highest BCUT2D eigenvalue weighted by Crippen LogP contribution is 2.14. The number of H-pyrrole nitrogens is 1. The van der Waals surface area contributed by atoms with Crippen molar-refractivity contribution in [1.29, 1.82) is 0 Å². The number of amides is 1. The Labute approximate surface area is 116 Å². The summed E-state index contributed by atoms with van der Waals surface area (Å²) >= 11 is 5.74. The molecule has 6 heteroatoms. The Hall–Kier alpha value is -1.88. The lowest BCUT2D eigenvalue weighted by molar-refractivity contribution is 0.0929. The van der Waals surface area contributed by atoms with Crippen LogP contribution in [0.4, 0.5) is 0 Å². The molecule has 0 aliphatic carbocycles. The number of rotatable bonds is 4. The minimum absolute atomic E-state index is 0.154. The molecule has 0 unspecified atom stereocenters. The minimum atomic E-state index is -0.238. The van der Waals surface area contributed by atoms with Gasteiger partial charge in [-0.3, -0.25) is 4.79 Å². The molecule has 2 rings (SSSR count). The first-order valence-corrected chi connectivity index (χ1v) is 6.42. The third kappa shape index (κ3) is 3.32. The Balaban J connectivity index is 2.10. The lowest BCUT2D eigenvalue weighted by atomic mass is 10.2. The van der Waals surface area contributed by atoms with E-state index in [-0.39, 0.29) is 11.9 Å². The lowest BCUT2D eigenvalue weighted by Crippen LogP contribution is -2.29. The largest absolute Gasteiger partial charge is 0.344 e. The third-order valence-corrected chi connectivity index (χ3v) is 2.95. The summed E-state index contributed by atoms with van der Waals surface area (Å²) in [4.78, 5) is 23.4. The van der Waals surface area contributed by atoms with Crippen LogP contribution < -0.4 is 5.32 Å². The van der Waals surface area contributed by atoms with Gasteiger partial charge in [0, 0.05) is 18.1 Å². The first kappa shape index (κ1) is 13.5. The average Bonchev–Trinajstić information content (AvgIpc) is 2.83. The summed E-state index contributed by atoms with van der Waals surface area (Å²) in [5, 5.41) is 3.40. The first-order chi connectivity index (χ1) is 9.10. The summed E-state index contributed by atoms with van der Waals surface area (Å²) in [5.41, 5.74) is 1.30. The van der Waals surface area contributed by atoms with Gasteiger partial charge < -0.3 is 10.3 Å². The van der Waals surface area contributed by atoms with Gasteiger partial charge in [0.15, 0.2) is 0 Å². The van der Waals surface area contributed by atoms with Crippen molar-refractivity contribution in [2.75, 3.05) is 0 Å². The number of carbonyl (C=O) groups is 1. The van der Waals surface area contributed by atoms with Crippen LogP contribution in [-0.4, -0.2) is 20.9 Å². The number of hydrogen-bond acceptors (Lipinski definition) is 3. The predicted octanol–water partition coefficient (Wildman–Crippen LogP) is 2.65. The van der Waals surface area contributed by atoms with Gasteiger partial charge in [0.2, 0.25) is 0 Å². The fraction of sp³-hybridized carbons (Fsp3) is 0.308. The highest BCUT2D eigenvalue weighted by molar-refractivity contribution is 6.30. The van der Waals surface area contributed by atoms with Crippen LogP contribution in [0.3, 0.4) is 0 Å². The van der Waals surface area contributed by atoms with Crippen molar-refractivity contribution in [3.8, 4) is 0 Å². The van der Waals surface area contributed by atoms with Crippen molar-refractivity contribution >= 4 is 17.5 Å². The molecule has 0 saturated heterocycles. The molecule has 0 aromatic carbocycles. The van der Waals surface area contributed by atoms with Crippen LogP contribution in [-0.2, 0) is 0 Å². The number of aromatic nitrogens is 3. The minimum Gasteiger partial charge on any atom is -0.344 e. The number of imidazole rings is 1. The maximum Gasteiger partial charge on any atom is 0.270 e. The van der Waals surface area contributed by atoms with Gasteiger partial charge in [0.1, 0.15) is 11.5 Å². The van der Waals surface area contributed by atoms with E-state index in [9.17, 15) is 4.79 Å². The van der Waals surface area contributed by atoms with Crippen LogP contribution in [0, 0.1) is 6.92 Å². The zero-order chi connectivity index (χ0) is 13.8. The Bertz CT molecular complexity index is 564. The fourth-order valence-corrected chi connectivity index (χ4v) is 1.83. The van der Waals surface area contributed by atoms with E-state index in [0.717, 1.165) is 17.9 Å². The number of pyridine rings is 1. The van der Waals surface area contributed by atoms with Gasteiger partial charge in [-0.1, -0.05) is 18.5 Å². The van der Waals surface area contributed by atoms with E-state index in [2.05, 4.69) is 20.3 Å². The number of hydrogen-bond donors (Lipinski definition) is 2. The molecule has 0 aliphatic rings. The lowest BCUT2D eigenvalue weighted by Gasteiger charge is -2.14. The molecule has 2 aromatic rings. The highest BCUT2D eigenvalue weighted by Gasteiger charge is 2.17. The van der Waals surface area contributed by atoms with Crippen LogP contribution in [0.25, 0.3) is 0 Å². The monoisotopic (exact) mass is 278 g/mol. The zero-order valence-corrected chi connectivity index (χ0v) is 11.5. The normalized spacial score (nSPS) is 12.2. The molecule has 1 amide bonds. The van der Waals surface area contributed by atoms with Crippen LogP contribution in [0.15, 0.2) is 24.5 Å². The van der Waals surface area contributed by atoms with E-state index >= 15 is 0 Å². The molecular formula is C13H15ClN4O. The first-order valence-electron chi connectivity index (χ1n) is 6.04. The molecule has 1 atom stereocenters. The van der Waals surface area contributed by atoms with Crippen molar-refractivity contribution < 1.29 is 4.79 Å². The van der Waals surface area contributed by atoms with E-state index < -0.39 is 0 Å². The number of halogens is 1. The van der Waals surface area contributed by atoms with E-state index in [4.69, 9.17) is 11.6 Å². The van der Waals surface area contributed by atoms with Gasteiger partial charge in [-0.2, -0.15) is 0 Å². The maximum atomic E-state index is 12.0. The molecule has 0 bridgehead atoms. The van der Waals surface area contributed by atoms with Crippen LogP contribution >= 0.6 is 11.6 Å². The van der Waals surface area contributed by atoms with Gasteiger partial charge in [-0.05, 0) is 25.5 Å². The molecule has 0 spiro atoms. The zero-order valence-electron chi connectivity index (χ0n) is 10.8. The average molecular weight is 279 g/mol. The van der Waals surface area contributed by atoms with Gasteiger partial charge in [0.05, 0.1) is 11.1 Å². The SMILES string of the molecule is CC[C@H](NC(=O)c1ccc(Cl)cn1)c1ncc(C)[nH]1. The number of aromatic amines is 1. The van der Waals surface area contributed by atoms with E-state index in [1.54, 1.807) is 18.3 Å². The summed E-state index contributed by atoms with van der Waals surface area (Å²) < 4.78 is 0. The van der Waals surface area contributed by atoms with E-state index in [1.165, 1.54) is 6.20 Å². The van der Waals surface area contributed by atoms with Crippen LogP contribution in [0.2, 0.25) is 5.02 Å². The molecule has 0 radical (unpaired) electrons. The Morgan fingerprint density at radius 1 is 1.42 bits per heavy atom. The summed E-state index contributed by atoms with van der Waals surface area (Å²) in [6.45, 7) is 3.91. The summed E-state index contributed by atoms with van der Waals surface area (Å²) in [6.07, 6.45) is 3.94. The highest BCUT2D eigenvalue weighted by atomic mass is 35.5. The van der Waals surface area contributed by atoms with Crippen molar-refractivity contribution in [1.82, 2.24) is 20.3 Å². The fourth-order valence-electron chi connectivity index (χ4n) is 1.72. The maximum absolute atomic E-state index is 12.0. The number of nitrogens with one attached hydrogen (secondary N) is 2. The molecule has 2 aromatic heterocycles. The van der Waals surface area contributed by atoms with Crippen LogP contribution in [0.5, 0.6) is 0 Å². The van der Waals surface area contributed by atoms with Gasteiger partial charge in [-0.25, -0.2) is 9.97 Å². The molecule has 0 saturated carbocycles. The van der Waals surface area contributed by atoms with Crippen LogP contribution in [0.1, 0.15) is 41.4 Å². The molecule has 0 aliphatic heterocycles. The van der Waals surface area contributed by atoms with Gasteiger partial charge in [0.25, 0.3) is 5.91 Å². The Kier molecular flexibility index (Phi) is 4.16. The number of carbonyl (C=O) groups excluding carboxylic acids is 1. The number of nitrogens with zero attached hydrogens (tertiary/aromatic N) is 2. The standard InChI is InChI=1S/C13H15ClN4O/c1-3-10(12-16-6-8(2)17-12)18-13(19)11-5-4-9(14)7-15-11/h4-7,10H,3H2,1-2H3,(H,16,17)(H,18,19)/t10-/m0/s1. The van der Waals surface area contributed by atoms with Gasteiger partial charge in [-0.15, -0.1) is 0 Å². The second kappa shape index (κ2) is 5.84. The topological polar surface area (TPSA) is 70.7 Å². The molecule has 2 heterocycles. The second-order valence-corrected chi connectivity index (χ2v) is 4.68. The number of aryl methyl sites for hydroxylation is 1. The molecule has 100 valence electrons. The molecular weight excluding hydrogens is 264 g/mol. The van der Waals surface area contributed by atoms with E-state index in [0.29, 0.717) is 10.7 Å². The predicted molar refractivity (Wildman–Crippen MR) is 73.1 cm³/mol. The molecule has 0 fully saturated rings. The summed E-state index contributed by atoms with van der Waals surface area (Å²) in [7, 11) is 0. The van der Waals surface area contributed by atoms with Crippen molar-refractivity contribution in [3.63, 3.8) is 0 Å². The molecule has 5 nitrogen and oxygen atoms in total. The quantitative estimate of drug-likeness (QED) is 0.903. The van der Waals surface area contributed by atoms with Crippen molar-refractivity contribution in [2.45, 2.75) is 26.3 Å². The molecule has 2 N–H and O–H groups in total. The molecule has 19 heavy (non-hydrogen) atoms. The Morgan fingerprint density at radius 3 is 2.74 bits per heavy atom. The summed E-state index contributed by atoms with van der Waals surface area (Å²) in [6, 6.07) is 3.08. The van der Waals surface area contributed by atoms with Crippen molar-refractivity contribution in [2.24, 2.45) is 0 Å². The third-order valence-electron chi connectivity index (χ3n) is 2.73. The van der Waals surface area contributed by atoms with Gasteiger partial charge >= 0.3 is 0 Å². The Morgan fingerprint density at radius 2 is 2.21 bits per heavy atom. The van der Waals surface area contributed by atoms with Crippen molar-refractivity contribution in [3.05, 3.63) is 46.8 Å². The summed E-state index contributed by atoms with van der Waals surface area (Å²) in [5.74, 6) is 0.514. The van der Waals surface area contributed by atoms with E-state index in [1.807, 2.05) is 13.8 Å². The smallest absolute Gasteiger partial charge is 0.270 e.